The summed E-state index contributed by atoms with van der Waals surface area (Å²) in [6.07, 6.45) is -2.46. The predicted octanol–water partition coefficient (Wildman–Crippen LogP) is 3.34. The summed E-state index contributed by atoms with van der Waals surface area (Å²) in [4.78, 5) is 26.1. The second kappa shape index (κ2) is 7.84. The van der Waals surface area contributed by atoms with Gasteiger partial charge in [0, 0.05) is 13.2 Å². The van der Waals surface area contributed by atoms with Crippen LogP contribution in [0.2, 0.25) is 0 Å². The topological polar surface area (TPSA) is 93.7 Å². The molecule has 7 nitrogen and oxygen atoms in total. The van der Waals surface area contributed by atoms with E-state index in [0.29, 0.717) is 5.56 Å². The number of alkyl halides is 3. The molecule has 0 bridgehead atoms. The largest absolute Gasteiger partial charge is 0.496 e. The lowest BCUT2D eigenvalue weighted by atomic mass is 9.81. The number of ether oxygens (including phenoxy) is 1. The number of hydrogen-bond acceptors (Lipinski definition) is 6. The molecule has 1 amide bonds. The van der Waals surface area contributed by atoms with Gasteiger partial charge in [-0.3, -0.25) is 9.69 Å². The molecule has 1 atom stereocenters. The average Bonchev–Trinajstić information content (AvgIpc) is 3.03. The first kappa shape index (κ1) is 22.2. The Balaban J connectivity index is 1.99. The summed E-state index contributed by atoms with van der Waals surface area (Å²) < 4.78 is 60.3. The van der Waals surface area contributed by atoms with Gasteiger partial charge in [0.25, 0.3) is 5.91 Å². The standard InChI is InChI=1S/C22H17F4N5O2/c1-31-19(32)21(30-20(31)27,14-6-7-17(33-2)16(9-14)22(24,25)26)13-5-3-4-12(8-13)15-10-28-11-29-18(15)23/h3-11H,1-2H3,(H2,27,30)/t21-/m1/s1. The monoisotopic (exact) mass is 459 g/mol. The number of halogens is 4. The zero-order chi connectivity index (χ0) is 24.0. The first-order valence-electron chi connectivity index (χ1n) is 9.55. The van der Waals surface area contributed by atoms with E-state index < -0.39 is 34.9 Å². The first-order chi connectivity index (χ1) is 15.6. The van der Waals surface area contributed by atoms with E-state index in [1.54, 1.807) is 6.07 Å². The molecule has 0 aliphatic carbocycles. The Labute approximate surface area is 185 Å². The number of aromatic nitrogens is 2. The van der Waals surface area contributed by atoms with Crippen molar-refractivity contribution in [3.63, 3.8) is 0 Å². The quantitative estimate of drug-likeness (QED) is 0.477. The summed E-state index contributed by atoms with van der Waals surface area (Å²) in [5.41, 5.74) is 3.39. The van der Waals surface area contributed by atoms with Crippen LogP contribution in [0.25, 0.3) is 11.1 Å². The molecule has 4 rings (SSSR count). The maximum atomic E-state index is 14.3. The summed E-state index contributed by atoms with van der Waals surface area (Å²) >= 11 is 0. The van der Waals surface area contributed by atoms with Crippen molar-refractivity contribution in [1.82, 2.24) is 14.9 Å². The number of nitrogens with zero attached hydrogens (tertiary/aromatic N) is 4. The van der Waals surface area contributed by atoms with Crippen LogP contribution in [-0.4, -0.2) is 40.9 Å². The average molecular weight is 459 g/mol. The molecule has 0 saturated heterocycles. The maximum absolute atomic E-state index is 14.3. The molecule has 2 N–H and O–H groups in total. The Morgan fingerprint density at radius 3 is 2.45 bits per heavy atom. The number of hydrogen-bond donors (Lipinski definition) is 1. The third kappa shape index (κ3) is 3.55. The minimum Gasteiger partial charge on any atom is -0.496 e. The van der Waals surface area contributed by atoms with Gasteiger partial charge in [-0.2, -0.15) is 17.6 Å². The number of benzene rings is 2. The molecule has 170 valence electrons. The van der Waals surface area contributed by atoms with Crippen molar-refractivity contribution in [2.75, 3.05) is 14.2 Å². The first-order valence-corrected chi connectivity index (χ1v) is 9.55. The summed E-state index contributed by atoms with van der Waals surface area (Å²) in [5, 5.41) is 0. The van der Waals surface area contributed by atoms with Gasteiger partial charge in [-0.25, -0.2) is 15.0 Å². The van der Waals surface area contributed by atoms with E-state index in [0.717, 1.165) is 30.5 Å². The smallest absolute Gasteiger partial charge is 0.419 e. The van der Waals surface area contributed by atoms with Gasteiger partial charge in [0.2, 0.25) is 5.95 Å². The van der Waals surface area contributed by atoms with Crippen LogP contribution in [0.1, 0.15) is 16.7 Å². The van der Waals surface area contributed by atoms with Gasteiger partial charge in [-0.1, -0.05) is 24.3 Å². The van der Waals surface area contributed by atoms with E-state index in [4.69, 9.17) is 10.5 Å². The van der Waals surface area contributed by atoms with Crippen LogP contribution in [0, 0.1) is 5.95 Å². The molecule has 0 radical (unpaired) electrons. The van der Waals surface area contributed by atoms with Gasteiger partial charge in [0.1, 0.15) is 12.1 Å². The highest BCUT2D eigenvalue weighted by Gasteiger charge is 2.50. The van der Waals surface area contributed by atoms with E-state index in [-0.39, 0.29) is 22.6 Å². The number of carbonyl (C=O) groups excluding carboxylic acids is 1. The zero-order valence-corrected chi connectivity index (χ0v) is 17.4. The fourth-order valence-electron chi connectivity index (χ4n) is 3.76. The van der Waals surface area contributed by atoms with Crippen molar-refractivity contribution in [2.24, 2.45) is 10.7 Å². The number of aliphatic imine (C=N–C) groups is 1. The van der Waals surface area contributed by atoms with E-state index in [2.05, 4.69) is 15.0 Å². The Morgan fingerprint density at radius 2 is 1.85 bits per heavy atom. The number of carbonyl (C=O) groups is 1. The number of methoxy groups -OCH3 is 1. The van der Waals surface area contributed by atoms with Crippen LogP contribution in [0.4, 0.5) is 17.6 Å². The van der Waals surface area contributed by atoms with Crippen molar-refractivity contribution >= 4 is 11.9 Å². The Kier molecular flexibility index (Phi) is 5.27. The van der Waals surface area contributed by atoms with Crippen molar-refractivity contribution in [2.45, 2.75) is 11.7 Å². The minimum atomic E-state index is -4.75. The molecule has 33 heavy (non-hydrogen) atoms. The zero-order valence-electron chi connectivity index (χ0n) is 17.4. The van der Waals surface area contributed by atoms with Crippen LogP contribution in [0.5, 0.6) is 5.75 Å². The third-order valence-corrected chi connectivity index (χ3v) is 5.42. The van der Waals surface area contributed by atoms with Crippen LogP contribution in [0.15, 0.2) is 60.0 Å². The molecule has 11 heteroatoms. The fourth-order valence-corrected chi connectivity index (χ4v) is 3.76. The van der Waals surface area contributed by atoms with Crippen molar-refractivity contribution < 1.29 is 27.1 Å². The van der Waals surface area contributed by atoms with Gasteiger partial charge >= 0.3 is 6.18 Å². The van der Waals surface area contributed by atoms with E-state index in [1.165, 1.54) is 37.5 Å². The van der Waals surface area contributed by atoms with Gasteiger partial charge in [0.05, 0.1) is 18.2 Å². The van der Waals surface area contributed by atoms with Crippen molar-refractivity contribution in [3.05, 3.63) is 77.6 Å². The van der Waals surface area contributed by atoms with Crippen LogP contribution < -0.4 is 10.5 Å². The van der Waals surface area contributed by atoms with E-state index in [9.17, 15) is 22.4 Å². The van der Waals surface area contributed by atoms with E-state index in [1.807, 2.05) is 0 Å². The minimum absolute atomic E-state index is 0.0518. The molecule has 2 aromatic carbocycles. The Bertz CT molecular complexity index is 1280. The molecule has 2 heterocycles. The number of rotatable bonds is 4. The van der Waals surface area contributed by atoms with Crippen molar-refractivity contribution in [3.8, 4) is 16.9 Å². The van der Waals surface area contributed by atoms with Gasteiger partial charge in [-0.05, 0) is 34.9 Å². The second-order valence-corrected chi connectivity index (χ2v) is 7.27. The molecule has 1 aromatic heterocycles. The maximum Gasteiger partial charge on any atom is 0.419 e. The molecular weight excluding hydrogens is 442 g/mol. The lowest BCUT2D eigenvalue weighted by molar-refractivity contribution is -0.139. The SMILES string of the molecule is COc1ccc([C@@]2(c3cccc(-c4cncnc4F)c3)N=C(N)N(C)C2=O)cc1C(F)(F)F. The normalized spacial score (nSPS) is 18.4. The summed E-state index contributed by atoms with van der Waals surface area (Å²) in [7, 11) is 2.48. The molecular formula is C22H17F4N5O2. The number of likely N-dealkylation sites (N-methyl/N-ethyl adjacent to an activating group) is 1. The molecule has 1 aliphatic rings. The van der Waals surface area contributed by atoms with Crippen LogP contribution in [-0.2, 0) is 16.5 Å². The Hall–Kier alpha value is -4.02. The van der Waals surface area contributed by atoms with E-state index >= 15 is 0 Å². The van der Waals surface area contributed by atoms with Gasteiger partial charge in [0.15, 0.2) is 11.5 Å². The predicted molar refractivity (Wildman–Crippen MR) is 111 cm³/mol. The highest BCUT2D eigenvalue weighted by Crippen LogP contribution is 2.44. The molecule has 1 aliphatic heterocycles. The number of guanidine groups is 1. The summed E-state index contributed by atoms with van der Waals surface area (Å²) in [6.45, 7) is 0. The van der Waals surface area contributed by atoms with Crippen LogP contribution in [0.3, 0.4) is 0 Å². The summed E-state index contributed by atoms with van der Waals surface area (Å²) in [6, 6.07) is 9.30. The lowest BCUT2D eigenvalue weighted by Crippen LogP contribution is -2.41. The molecule has 0 saturated carbocycles. The lowest BCUT2D eigenvalue weighted by Gasteiger charge is -2.27. The number of amides is 1. The molecule has 3 aromatic rings. The summed E-state index contributed by atoms with van der Waals surface area (Å²) in [5.74, 6) is -2.04. The molecule has 0 spiro atoms. The highest BCUT2D eigenvalue weighted by molar-refractivity contribution is 6.09. The third-order valence-electron chi connectivity index (χ3n) is 5.42. The highest BCUT2D eigenvalue weighted by atomic mass is 19.4. The fraction of sp³-hybridized carbons (Fsp3) is 0.182. The van der Waals surface area contributed by atoms with Gasteiger partial charge in [-0.15, -0.1) is 0 Å². The second-order valence-electron chi connectivity index (χ2n) is 7.27. The molecule has 0 unspecified atom stereocenters. The Morgan fingerprint density at radius 1 is 1.12 bits per heavy atom. The van der Waals surface area contributed by atoms with Crippen LogP contribution >= 0.6 is 0 Å². The number of nitrogens with two attached hydrogens (primary N) is 1. The van der Waals surface area contributed by atoms with Gasteiger partial charge < -0.3 is 10.5 Å². The molecule has 0 fully saturated rings. The van der Waals surface area contributed by atoms with Crippen molar-refractivity contribution in [1.29, 1.82) is 0 Å².